The molecule has 2 rings (SSSR count). The summed E-state index contributed by atoms with van der Waals surface area (Å²) >= 11 is 0. The van der Waals surface area contributed by atoms with Crippen LogP contribution in [-0.4, -0.2) is 18.6 Å². The average Bonchev–Trinajstić information content (AvgIpc) is 2.17. The van der Waals surface area contributed by atoms with Gasteiger partial charge in [0.1, 0.15) is 5.75 Å². The molecular formula is C12H15NO2. The molecule has 0 bridgehead atoms. The van der Waals surface area contributed by atoms with Gasteiger partial charge in [-0.3, -0.25) is 4.79 Å². The van der Waals surface area contributed by atoms with Gasteiger partial charge in [0.25, 0.3) is 5.91 Å². The normalized spacial score (nSPS) is 15.2. The zero-order valence-electron chi connectivity index (χ0n) is 9.28. The van der Waals surface area contributed by atoms with Crippen LogP contribution in [0.2, 0.25) is 0 Å². The van der Waals surface area contributed by atoms with Crippen LogP contribution < -0.4 is 9.64 Å². The minimum atomic E-state index is 0.0306. The van der Waals surface area contributed by atoms with Crippen LogP contribution in [0, 0.1) is 6.92 Å². The molecule has 0 fully saturated rings. The number of carbonyl (C=O) groups is 1. The molecule has 3 heteroatoms. The first-order valence-corrected chi connectivity index (χ1v) is 5.15. The topological polar surface area (TPSA) is 29.5 Å². The van der Waals surface area contributed by atoms with Gasteiger partial charge in [-0.2, -0.15) is 0 Å². The summed E-state index contributed by atoms with van der Waals surface area (Å²) < 4.78 is 5.46. The van der Waals surface area contributed by atoms with Crippen LogP contribution in [-0.2, 0) is 4.79 Å². The van der Waals surface area contributed by atoms with Gasteiger partial charge < -0.3 is 9.64 Å². The van der Waals surface area contributed by atoms with Gasteiger partial charge in [0, 0.05) is 6.04 Å². The van der Waals surface area contributed by atoms with Gasteiger partial charge in [-0.25, -0.2) is 0 Å². The maximum absolute atomic E-state index is 11.7. The number of ether oxygens (including phenoxy) is 1. The Morgan fingerprint density at radius 2 is 2.13 bits per heavy atom. The van der Waals surface area contributed by atoms with E-state index in [0.29, 0.717) is 0 Å². The molecule has 0 saturated carbocycles. The zero-order chi connectivity index (χ0) is 11.0. The second kappa shape index (κ2) is 3.57. The van der Waals surface area contributed by atoms with Crippen molar-refractivity contribution in [1.29, 1.82) is 0 Å². The molecule has 0 aromatic heterocycles. The molecule has 1 amide bonds. The van der Waals surface area contributed by atoms with Crippen molar-refractivity contribution in [3.63, 3.8) is 0 Å². The van der Waals surface area contributed by atoms with Gasteiger partial charge in [0.15, 0.2) is 6.61 Å². The summed E-state index contributed by atoms with van der Waals surface area (Å²) in [5.74, 6) is 0.869. The quantitative estimate of drug-likeness (QED) is 0.703. The van der Waals surface area contributed by atoms with E-state index in [-0.39, 0.29) is 18.6 Å². The SMILES string of the molecule is Cc1cccc2c1OCC(=O)N2C(C)C. The molecule has 1 aliphatic heterocycles. The minimum absolute atomic E-state index is 0.0306. The van der Waals surface area contributed by atoms with Crippen molar-refractivity contribution < 1.29 is 9.53 Å². The Labute approximate surface area is 89.7 Å². The number of nitrogens with zero attached hydrogens (tertiary/aromatic N) is 1. The lowest BCUT2D eigenvalue weighted by Crippen LogP contribution is -2.43. The van der Waals surface area contributed by atoms with E-state index in [0.717, 1.165) is 17.0 Å². The number of anilines is 1. The van der Waals surface area contributed by atoms with Crippen LogP contribution in [0.25, 0.3) is 0 Å². The molecule has 80 valence electrons. The highest BCUT2D eigenvalue weighted by Gasteiger charge is 2.28. The van der Waals surface area contributed by atoms with Crippen LogP contribution in [0.15, 0.2) is 18.2 Å². The molecule has 0 spiro atoms. The van der Waals surface area contributed by atoms with Gasteiger partial charge in [0.05, 0.1) is 5.69 Å². The third kappa shape index (κ3) is 1.58. The number of hydrogen-bond acceptors (Lipinski definition) is 2. The standard InChI is InChI=1S/C12H15NO2/c1-8(2)13-10-6-4-5-9(3)12(10)15-7-11(13)14/h4-6,8H,7H2,1-3H3. The first-order valence-electron chi connectivity index (χ1n) is 5.15. The molecular weight excluding hydrogens is 190 g/mol. The fraction of sp³-hybridized carbons (Fsp3) is 0.417. The number of carbonyl (C=O) groups excluding carboxylic acids is 1. The molecule has 0 unspecified atom stereocenters. The van der Waals surface area contributed by atoms with E-state index < -0.39 is 0 Å². The smallest absolute Gasteiger partial charge is 0.265 e. The van der Waals surface area contributed by atoms with Crippen LogP contribution in [0.3, 0.4) is 0 Å². The number of benzene rings is 1. The van der Waals surface area contributed by atoms with Crippen molar-refractivity contribution in [2.24, 2.45) is 0 Å². The Balaban J connectivity index is 2.53. The Bertz CT molecular complexity index is 399. The number of fused-ring (bicyclic) bond motifs is 1. The van der Waals surface area contributed by atoms with Crippen molar-refractivity contribution in [2.75, 3.05) is 11.5 Å². The van der Waals surface area contributed by atoms with Gasteiger partial charge >= 0.3 is 0 Å². The van der Waals surface area contributed by atoms with Gasteiger partial charge in [-0.05, 0) is 32.4 Å². The highest BCUT2D eigenvalue weighted by Crippen LogP contribution is 2.35. The molecule has 1 heterocycles. The number of aryl methyl sites for hydroxylation is 1. The predicted octanol–water partition coefficient (Wildman–Crippen LogP) is 2.13. The average molecular weight is 205 g/mol. The van der Waals surface area contributed by atoms with Crippen LogP contribution in [0.1, 0.15) is 19.4 Å². The van der Waals surface area contributed by atoms with E-state index in [2.05, 4.69) is 0 Å². The lowest BCUT2D eigenvalue weighted by atomic mass is 10.1. The zero-order valence-corrected chi connectivity index (χ0v) is 9.28. The highest BCUT2D eigenvalue weighted by atomic mass is 16.5. The van der Waals surface area contributed by atoms with Gasteiger partial charge in [-0.15, -0.1) is 0 Å². The van der Waals surface area contributed by atoms with Crippen molar-refractivity contribution in [1.82, 2.24) is 0 Å². The lowest BCUT2D eigenvalue weighted by molar-refractivity contribution is -0.121. The summed E-state index contributed by atoms with van der Waals surface area (Å²) in [7, 11) is 0. The van der Waals surface area contributed by atoms with E-state index in [9.17, 15) is 4.79 Å². The van der Waals surface area contributed by atoms with E-state index in [4.69, 9.17) is 4.74 Å². The molecule has 0 radical (unpaired) electrons. The maximum Gasteiger partial charge on any atom is 0.265 e. The summed E-state index contributed by atoms with van der Waals surface area (Å²) in [6.45, 7) is 6.16. The van der Waals surface area contributed by atoms with E-state index in [1.165, 1.54) is 0 Å². The number of hydrogen-bond donors (Lipinski definition) is 0. The molecule has 0 saturated heterocycles. The fourth-order valence-electron chi connectivity index (χ4n) is 1.92. The first kappa shape index (κ1) is 10.0. The molecule has 15 heavy (non-hydrogen) atoms. The van der Waals surface area contributed by atoms with Crippen molar-refractivity contribution in [2.45, 2.75) is 26.8 Å². The largest absolute Gasteiger partial charge is 0.481 e. The molecule has 0 aliphatic carbocycles. The fourth-order valence-corrected chi connectivity index (χ4v) is 1.92. The maximum atomic E-state index is 11.7. The molecule has 0 N–H and O–H groups in total. The van der Waals surface area contributed by atoms with Crippen LogP contribution in [0.5, 0.6) is 5.75 Å². The highest BCUT2D eigenvalue weighted by molar-refractivity contribution is 5.98. The van der Waals surface area contributed by atoms with E-state index in [1.807, 2.05) is 39.0 Å². The van der Waals surface area contributed by atoms with E-state index in [1.54, 1.807) is 4.90 Å². The van der Waals surface area contributed by atoms with Crippen molar-refractivity contribution in [3.05, 3.63) is 23.8 Å². The molecule has 1 aromatic rings. The first-order chi connectivity index (χ1) is 7.11. The van der Waals surface area contributed by atoms with Gasteiger partial charge in [0.2, 0.25) is 0 Å². The Kier molecular flexibility index (Phi) is 2.39. The number of rotatable bonds is 1. The summed E-state index contributed by atoms with van der Waals surface area (Å²) in [4.78, 5) is 13.5. The van der Waals surface area contributed by atoms with Gasteiger partial charge in [-0.1, -0.05) is 12.1 Å². The summed E-state index contributed by atoms with van der Waals surface area (Å²) in [6, 6.07) is 6.04. The summed E-state index contributed by atoms with van der Waals surface area (Å²) in [5, 5.41) is 0. The predicted molar refractivity (Wildman–Crippen MR) is 59.3 cm³/mol. The number of para-hydroxylation sites is 1. The molecule has 0 atom stereocenters. The Morgan fingerprint density at radius 3 is 2.80 bits per heavy atom. The summed E-state index contributed by atoms with van der Waals surface area (Å²) in [5.41, 5.74) is 1.96. The second-order valence-electron chi connectivity index (χ2n) is 4.07. The minimum Gasteiger partial charge on any atom is -0.481 e. The van der Waals surface area contributed by atoms with E-state index >= 15 is 0 Å². The lowest BCUT2D eigenvalue weighted by Gasteiger charge is -2.33. The van der Waals surface area contributed by atoms with Crippen molar-refractivity contribution in [3.8, 4) is 5.75 Å². The number of amides is 1. The van der Waals surface area contributed by atoms with Crippen LogP contribution >= 0.6 is 0 Å². The summed E-state index contributed by atoms with van der Waals surface area (Å²) in [6.07, 6.45) is 0. The third-order valence-electron chi connectivity index (χ3n) is 2.58. The monoisotopic (exact) mass is 205 g/mol. The third-order valence-corrected chi connectivity index (χ3v) is 2.58. The molecule has 1 aromatic carbocycles. The second-order valence-corrected chi connectivity index (χ2v) is 4.07. The molecule has 3 nitrogen and oxygen atoms in total. The Hall–Kier alpha value is -1.51. The van der Waals surface area contributed by atoms with Crippen molar-refractivity contribution >= 4 is 11.6 Å². The van der Waals surface area contributed by atoms with Crippen LogP contribution in [0.4, 0.5) is 5.69 Å². The molecule has 1 aliphatic rings. The Morgan fingerprint density at radius 1 is 1.40 bits per heavy atom.